The molecule has 0 spiro atoms. The molecule has 9 heteroatoms. The van der Waals surface area contributed by atoms with E-state index < -0.39 is 0 Å². The van der Waals surface area contributed by atoms with Crippen molar-refractivity contribution < 1.29 is 4.79 Å². The molecule has 0 unspecified atom stereocenters. The topological polar surface area (TPSA) is 79.8 Å². The minimum absolute atomic E-state index is 0.0515. The third-order valence-electron chi connectivity index (χ3n) is 5.23. The van der Waals surface area contributed by atoms with Crippen LogP contribution in [0, 0.1) is 10.9 Å². The first kappa shape index (κ1) is 23.4. The maximum atomic E-state index is 12.7. The highest BCUT2D eigenvalue weighted by atomic mass is 32.2. The molecule has 0 saturated carbocycles. The van der Waals surface area contributed by atoms with Gasteiger partial charge in [-0.05, 0) is 56.1 Å². The van der Waals surface area contributed by atoms with E-state index in [1.54, 1.807) is 0 Å². The fourth-order valence-electron chi connectivity index (χ4n) is 3.54. The molecule has 33 heavy (non-hydrogen) atoms. The number of carbonyl (C=O) groups is 1. The number of H-pyrrole nitrogens is 1. The van der Waals surface area contributed by atoms with Crippen molar-refractivity contribution in [2.24, 2.45) is 0 Å². The van der Waals surface area contributed by atoms with Gasteiger partial charge in [-0.15, -0.1) is 0 Å². The Balaban J connectivity index is 1.45. The lowest BCUT2D eigenvalue weighted by Gasteiger charge is -2.13. The highest BCUT2D eigenvalue weighted by Crippen LogP contribution is 2.26. The number of thioether (sulfide) groups is 1. The van der Waals surface area contributed by atoms with Gasteiger partial charge in [-0.1, -0.05) is 71.6 Å². The largest absolute Gasteiger partial charge is 0.353 e. The van der Waals surface area contributed by atoms with E-state index in [1.807, 2.05) is 60.9 Å². The quantitative estimate of drug-likeness (QED) is 0.203. The van der Waals surface area contributed by atoms with E-state index in [1.165, 1.54) is 28.7 Å². The molecule has 1 atom stereocenters. The molecule has 0 bridgehead atoms. The minimum Gasteiger partial charge on any atom is -0.353 e. The van der Waals surface area contributed by atoms with Gasteiger partial charge in [0.15, 0.2) is 14.8 Å². The number of thiazole rings is 1. The molecule has 0 aliphatic heterocycles. The lowest BCUT2D eigenvalue weighted by Crippen LogP contribution is -2.34. The number of carbonyl (C=O) groups excluding carboxylic acids is 1. The van der Waals surface area contributed by atoms with Gasteiger partial charge in [0.25, 0.3) is 5.56 Å². The second kappa shape index (κ2) is 10.5. The molecule has 2 heterocycles. The van der Waals surface area contributed by atoms with Gasteiger partial charge in [0.1, 0.15) is 4.70 Å². The average Bonchev–Trinajstić information content (AvgIpc) is 3.14. The molecule has 2 N–H and O–H groups in total. The molecule has 1 amide bonds. The SMILES string of the molecule is Cc1ccccc1-n1c(=S)sc2c(=O)[nH]c(SCC(=O)N[C@@H](C)CCc3ccccc3)nc21. The van der Waals surface area contributed by atoms with E-state index in [0.29, 0.717) is 19.5 Å². The fourth-order valence-corrected chi connectivity index (χ4v) is 5.46. The summed E-state index contributed by atoms with van der Waals surface area (Å²) < 4.78 is 2.87. The summed E-state index contributed by atoms with van der Waals surface area (Å²) in [4.78, 5) is 32.5. The summed E-state index contributed by atoms with van der Waals surface area (Å²) in [7, 11) is 0. The molecular weight excluding hydrogens is 472 g/mol. The van der Waals surface area contributed by atoms with Crippen molar-refractivity contribution in [1.29, 1.82) is 0 Å². The standard InChI is InChI=1S/C24H24N4O2S3/c1-15-8-6-7-11-18(15)28-21-20(33-24(28)31)22(30)27-23(26-21)32-14-19(29)25-16(2)12-13-17-9-4-3-5-10-17/h3-11,16H,12-14H2,1-2H3,(H,25,29)(H,26,27,30)/t16-/m0/s1. The van der Waals surface area contributed by atoms with Crippen molar-refractivity contribution >= 4 is 51.6 Å². The molecule has 2 aromatic carbocycles. The number of nitrogens with zero attached hydrogens (tertiary/aromatic N) is 2. The summed E-state index contributed by atoms with van der Waals surface area (Å²) in [5.41, 5.74) is 3.45. The molecular formula is C24H24N4O2S3. The predicted octanol–water partition coefficient (Wildman–Crippen LogP) is 5.04. The summed E-state index contributed by atoms with van der Waals surface area (Å²) in [5.74, 6) is 0.0728. The summed E-state index contributed by atoms with van der Waals surface area (Å²) in [5, 5.41) is 3.42. The molecule has 0 aliphatic rings. The number of aryl methyl sites for hydroxylation is 2. The normalized spacial score (nSPS) is 12.1. The molecule has 6 nitrogen and oxygen atoms in total. The highest BCUT2D eigenvalue weighted by Gasteiger charge is 2.16. The predicted molar refractivity (Wildman–Crippen MR) is 138 cm³/mol. The van der Waals surface area contributed by atoms with Crippen LogP contribution in [0.4, 0.5) is 0 Å². The smallest absolute Gasteiger partial charge is 0.271 e. The molecule has 0 saturated heterocycles. The second-order valence-electron chi connectivity index (χ2n) is 7.80. The second-order valence-corrected chi connectivity index (χ2v) is 10.4. The molecule has 0 aliphatic carbocycles. The number of hydrogen-bond donors (Lipinski definition) is 2. The van der Waals surface area contributed by atoms with Crippen LogP contribution in [0.3, 0.4) is 0 Å². The van der Waals surface area contributed by atoms with Gasteiger partial charge >= 0.3 is 0 Å². The van der Waals surface area contributed by atoms with Crippen LogP contribution in [0.2, 0.25) is 0 Å². The number of hydrogen-bond acceptors (Lipinski definition) is 6. The van der Waals surface area contributed by atoms with Gasteiger partial charge in [0.05, 0.1) is 11.4 Å². The van der Waals surface area contributed by atoms with E-state index >= 15 is 0 Å². The minimum atomic E-state index is -0.248. The molecule has 0 fully saturated rings. The van der Waals surface area contributed by atoms with E-state index in [4.69, 9.17) is 12.2 Å². The van der Waals surface area contributed by atoms with Crippen molar-refractivity contribution in [2.75, 3.05) is 5.75 Å². The Bertz CT molecular complexity index is 1390. The van der Waals surface area contributed by atoms with Crippen molar-refractivity contribution in [1.82, 2.24) is 19.9 Å². The highest BCUT2D eigenvalue weighted by molar-refractivity contribution is 7.99. The Morgan fingerprint density at radius 3 is 2.70 bits per heavy atom. The number of para-hydroxylation sites is 1. The zero-order valence-electron chi connectivity index (χ0n) is 18.3. The number of aromatic nitrogens is 3. The number of benzene rings is 2. The average molecular weight is 497 g/mol. The van der Waals surface area contributed by atoms with Crippen LogP contribution in [0.15, 0.2) is 64.5 Å². The van der Waals surface area contributed by atoms with Crippen LogP contribution < -0.4 is 10.9 Å². The lowest BCUT2D eigenvalue weighted by molar-refractivity contribution is -0.119. The van der Waals surface area contributed by atoms with Gasteiger partial charge in [-0.25, -0.2) is 4.98 Å². The first-order chi connectivity index (χ1) is 15.9. The first-order valence-corrected chi connectivity index (χ1v) is 12.8. The van der Waals surface area contributed by atoms with Gasteiger partial charge in [0, 0.05) is 6.04 Å². The Kier molecular flexibility index (Phi) is 7.42. The van der Waals surface area contributed by atoms with Crippen molar-refractivity contribution in [3.63, 3.8) is 0 Å². The number of amides is 1. The maximum Gasteiger partial charge on any atom is 0.271 e. The van der Waals surface area contributed by atoms with Gasteiger partial charge in [-0.2, -0.15) is 0 Å². The van der Waals surface area contributed by atoms with Crippen molar-refractivity contribution in [3.05, 3.63) is 80.0 Å². The fraction of sp³-hybridized carbons (Fsp3) is 0.250. The van der Waals surface area contributed by atoms with Crippen LogP contribution in [0.1, 0.15) is 24.5 Å². The van der Waals surface area contributed by atoms with Crippen molar-refractivity contribution in [3.8, 4) is 5.69 Å². The van der Waals surface area contributed by atoms with Gasteiger partial charge in [0.2, 0.25) is 5.91 Å². The molecule has 170 valence electrons. The third kappa shape index (κ3) is 5.61. The van der Waals surface area contributed by atoms with E-state index in [2.05, 4.69) is 27.4 Å². The zero-order chi connectivity index (χ0) is 23.4. The molecule has 0 radical (unpaired) electrons. The van der Waals surface area contributed by atoms with Crippen LogP contribution in [-0.2, 0) is 11.2 Å². The van der Waals surface area contributed by atoms with E-state index in [-0.39, 0.29) is 23.3 Å². The third-order valence-corrected chi connectivity index (χ3v) is 7.47. The molecule has 4 rings (SSSR count). The Morgan fingerprint density at radius 2 is 1.94 bits per heavy atom. The monoisotopic (exact) mass is 496 g/mol. The maximum absolute atomic E-state index is 12.7. The zero-order valence-corrected chi connectivity index (χ0v) is 20.8. The Morgan fingerprint density at radius 1 is 1.21 bits per heavy atom. The summed E-state index contributed by atoms with van der Waals surface area (Å²) in [6, 6.07) is 18.1. The number of nitrogens with one attached hydrogen (secondary N) is 2. The van der Waals surface area contributed by atoms with E-state index in [9.17, 15) is 9.59 Å². The van der Waals surface area contributed by atoms with Gasteiger partial charge in [-0.3, -0.25) is 14.2 Å². The number of rotatable bonds is 8. The Hall–Kier alpha value is -2.75. The van der Waals surface area contributed by atoms with Crippen molar-refractivity contribution in [2.45, 2.75) is 37.9 Å². The first-order valence-electron chi connectivity index (χ1n) is 10.6. The number of fused-ring (bicyclic) bond motifs is 1. The summed E-state index contributed by atoms with van der Waals surface area (Å²) in [6.45, 7) is 3.99. The summed E-state index contributed by atoms with van der Waals surface area (Å²) in [6.07, 6.45) is 1.76. The van der Waals surface area contributed by atoms with Crippen LogP contribution in [-0.4, -0.2) is 32.2 Å². The molecule has 2 aromatic heterocycles. The van der Waals surface area contributed by atoms with Gasteiger partial charge < -0.3 is 10.3 Å². The summed E-state index contributed by atoms with van der Waals surface area (Å²) >= 11 is 7.98. The van der Waals surface area contributed by atoms with Crippen LogP contribution >= 0.6 is 35.3 Å². The van der Waals surface area contributed by atoms with E-state index in [0.717, 1.165) is 24.1 Å². The van der Waals surface area contributed by atoms with Crippen LogP contribution in [0.25, 0.3) is 16.0 Å². The lowest BCUT2D eigenvalue weighted by atomic mass is 10.1. The molecule has 4 aromatic rings. The number of aromatic amines is 1. The Labute approximate surface area is 205 Å². The van der Waals surface area contributed by atoms with Crippen LogP contribution in [0.5, 0.6) is 0 Å².